The number of anilines is 1. The Morgan fingerprint density at radius 1 is 1.40 bits per heavy atom. The topological polar surface area (TPSA) is 31.4 Å². The summed E-state index contributed by atoms with van der Waals surface area (Å²) in [5.41, 5.74) is 1.27. The van der Waals surface area contributed by atoms with Crippen LogP contribution in [0.15, 0.2) is 18.3 Å². The van der Waals surface area contributed by atoms with E-state index in [1.807, 2.05) is 6.20 Å². The molecule has 2 rings (SSSR count). The van der Waals surface area contributed by atoms with E-state index in [9.17, 15) is 0 Å². The lowest BCUT2D eigenvalue weighted by Crippen LogP contribution is -2.50. The summed E-state index contributed by atoms with van der Waals surface area (Å²) in [6.45, 7) is 11.0. The molecule has 0 radical (unpaired) electrons. The molecule has 1 fully saturated rings. The van der Waals surface area contributed by atoms with Crippen molar-refractivity contribution in [2.45, 2.75) is 39.3 Å². The van der Waals surface area contributed by atoms with Crippen LogP contribution in [0.1, 0.15) is 38.8 Å². The lowest BCUT2D eigenvalue weighted by molar-refractivity contribution is 0.233. The summed E-state index contributed by atoms with van der Waals surface area (Å²) in [6, 6.07) is 5.34. The van der Waals surface area contributed by atoms with Gasteiger partial charge in [0.15, 0.2) is 0 Å². The third-order valence-corrected chi connectivity index (χ3v) is 4.25. The molecule has 1 aliphatic heterocycles. The van der Waals surface area contributed by atoms with Crippen LogP contribution in [-0.4, -0.2) is 49.2 Å². The predicted octanol–water partition coefficient (Wildman–Crippen LogP) is 2.28. The minimum Gasteiger partial charge on any atom is -0.354 e. The zero-order valence-corrected chi connectivity index (χ0v) is 13.3. The number of hydrogen-bond acceptors (Lipinski definition) is 4. The van der Waals surface area contributed by atoms with Crippen molar-refractivity contribution in [1.82, 2.24) is 15.2 Å². The highest BCUT2D eigenvalue weighted by molar-refractivity contribution is 5.40. The van der Waals surface area contributed by atoms with Crippen LogP contribution >= 0.6 is 0 Å². The van der Waals surface area contributed by atoms with Crippen molar-refractivity contribution in [3.05, 3.63) is 23.9 Å². The predicted molar refractivity (Wildman–Crippen MR) is 85.3 cm³/mol. The average molecular weight is 276 g/mol. The Balaban J connectivity index is 1.97. The zero-order valence-electron chi connectivity index (χ0n) is 13.3. The first-order valence-corrected chi connectivity index (χ1v) is 7.76. The summed E-state index contributed by atoms with van der Waals surface area (Å²) in [7, 11) is 2.19. The van der Waals surface area contributed by atoms with Gasteiger partial charge in [-0.05, 0) is 45.5 Å². The van der Waals surface area contributed by atoms with Crippen molar-refractivity contribution in [2.75, 3.05) is 38.1 Å². The van der Waals surface area contributed by atoms with Crippen LogP contribution in [0.3, 0.4) is 0 Å². The first-order valence-electron chi connectivity index (χ1n) is 7.76. The van der Waals surface area contributed by atoms with Crippen LogP contribution < -0.4 is 10.2 Å². The van der Waals surface area contributed by atoms with Gasteiger partial charge < -0.3 is 15.1 Å². The van der Waals surface area contributed by atoms with Crippen molar-refractivity contribution >= 4 is 5.82 Å². The van der Waals surface area contributed by atoms with Gasteiger partial charge in [-0.25, -0.2) is 4.98 Å². The zero-order chi connectivity index (χ0) is 14.5. The van der Waals surface area contributed by atoms with E-state index in [1.165, 1.54) is 5.56 Å². The summed E-state index contributed by atoms with van der Waals surface area (Å²) < 4.78 is 0. The minimum absolute atomic E-state index is 0.378. The van der Waals surface area contributed by atoms with E-state index in [-0.39, 0.29) is 0 Å². The van der Waals surface area contributed by atoms with E-state index >= 15 is 0 Å². The van der Waals surface area contributed by atoms with Crippen LogP contribution in [-0.2, 0) is 0 Å². The molecule has 0 aromatic carbocycles. The molecule has 1 aromatic rings. The Morgan fingerprint density at radius 3 is 2.80 bits per heavy atom. The van der Waals surface area contributed by atoms with E-state index in [2.05, 4.69) is 60.1 Å². The van der Waals surface area contributed by atoms with Gasteiger partial charge in [0.25, 0.3) is 0 Å². The van der Waals surface area contributed by atoms with Crippen molar-refractivity contribution < 1.29 is 0 Å². The summed E-state index contributed by atoms with van der Waals surface area (Å²) in [4.78, 5) is 9.45. The van der Waals surface area contributed by atoms with Gasteiger partial charge in [-0.15, -0.1) is 0 Å². The monoisotopic (exact) mass is 276 g/mol. The second-order valence-corrected chi connectivity index (χ2v) is 5.90. The molecule has 112 valence electrons. The van der Waals surface area contributed by atoms with Gasteiger partial charge in [0, 0.05) is 37.9 Å². The number of piperazine rings is 1. The maximum atomic E-state index is 4.66. The van der Waals surface area contributed by atoms with Gasteiger partial charge in [-0.1, -0.05) is 13.0 Å². The first kappa shape index (κ1) is 15.3. The fourth-order valence-electron chi connectivity index (χ4n) is 2.58. The molecule has 0 saturated carbocycles. The van der Waals surface area contributed by atoms with Crippen molar-refractivity contribution in [2.24, 2.45) is 0 Å². The molecule has 1 aromatic heterocycles. The highest BCUT2D eigenvalue weighted by atomic mass is 15.3. The number of likely N-dealkylation sites (N-methyl/N-ethyl adjacent to an activating group) is 1. The lowest BCUT2D eigenvalue weighted by atomic mass is 10.1. The fraction of sp³-hybridized carbons (Fsp3) is 0.688. The third kappa shape index (κ3) is 3.70. The largest absolute Gasteiger partial charge is 0.354 e. The molecule has 2 atom stereocenters. The second-order valence-electron chi connectivity index (χ2n) is 5.90. The van der Waals surface area contributed by atoms with Gasteiger partial charge >= 0.3 is 0 Å². The van der Waals surface area contributed by atoms with E-state index < -0.39 is 0 Å². The molecule has 0 bridgehead atoms. The summed E-state index contributed by atoms with van der Waals surface area (Å²) in [6.07, 6.45) is 3.18. The Bertz CT molecular complexity index is 403. The van der Waals surface area contributed by atoms with E-state index in [0.29, 0.717) is 12.1 Å². The standard InChI is InChI=1S/C16H28N4/c1-5-8-17-14(3)15-6-7-16(18-11-15)20-10-9-19(4)13(2)12-20/h6-7,11,13-14,17H,5,8-10,12H2,1-4H3. The van der Waals surface area contributed by atoms with Gasteiger partial charge in [-0.3, -0.25) is 0 Å². The SMILES string of the molecule is CCCNC(C)c1ccc(N2CCN(C)C(C)C2)nc1. The molecule has 1 saturated heterocycles. The highest BCUT2D eigenvalue weighted by Gasteiger charge is 2.21. The maximum Gasteiger partial charge on any atom is 0.128 e. The van der Waals surface area contributed by atoms with Crippen molar-refractivity contribution in [3.8, 4) is 0 Å². The van der Waals surface area contributed by atoms with Gasteiger partial charge in [0.2, 0.25) is 0 Å². The first-order chi connectivity index (χ1) is 9.61. The molecule has 0 amide bonds. The quantitative estimate of drug-likeness (QED) is 0.894. The molecule has 2 heterocycles. The van der Waals surface area contributed by atoms with Gasteiger partial charge in [0.05, 0.1) is 0 Å². The smallest absolute Gasteiger partial charge is 0.128 e. The van der Waals surface area contributed by atoms with E-state index in [1.54, 1.807) is 0 Å². The maximum absolute atomic E-state index is 4.66. The van der Waals surface area contributed by atoms with Crippen molar-refractivity contribution in [3.63, 3.8) is 0 Å². The highest BCUT2D eigenvalue weighted by Crippen LogP contribution is 2.18. The number of pyridine rings is 1. The molecule has 0 spiro atoms. The minimum atomic E-state index is 0.378. The molecule has 1 aliphatic rings. The van der Waals surface area contributed by atoms with E-state index in [4.69, 9.17) is 0 Å². The average Bonchev–Trinajstić information content (AvgIpc) is 2.48. The van der Waals surface area contributed by atoms with Crippen LogP contribution in [0.2, 0.25) is 0 Å². The molecule has 0 aliphatic carbocycles. The number of nitrogens with one attached hydrogen (secondary N) is 1. The molecule has 20 heavy (non-hydrogen) atoms. The van der Waals surface area contributed by atoms with Crippen LogP contribution in [0.5, 0.6) is 0 Å². The molecule has 1 N–H and O–H groups in total. The third-order valence-electron chi connectivity index (χ3n) is 4.25. The molecule has 2 unspecified atom stereocenters. The number of aromatic nitrogens is 1. The summed E-state index contributed by atoms with van der Waals surface area (Å²) in [5.74, 6) is 1.11. The number of rotatable bonds is 5. The molecule has 4 nitrogen and oxygen atoms in total. The fourth-order valence-corrected chi connectivity index (χ4v) is 2.58. The number of nitrogens with zero attached hydrogens (tertiary/aromatic N) is 3. The van der Waals surface area contributed by atoms with E-state index in [0.717, 1.165) is 38.4 Å². The Morgan fingerprint density at radius 2 is 2.20 bits per heavy atom. The molecular formula is C16H28N4. The van der Waals surface area contributed by atoms with Crippen molar-refractivity contribution in [1.29, 1.82) is 0 Å². The normalized spacial score (nSPS) is 22.0. The van der Waals surface area contributed by atoms with Gasteiger partial charge in [-0.2, -0.15) is 0 Å². The second kappa shape index (κ2) is 7.04. The Hall–Kier alpha value is -1.13. The summed E-state index contributed by atoms with van der Waals surface area (Å²) in [5, 5.41) is 3.50. The van der Waals surface area contributed by atoms with Crippen LogP contribution in [0.25, 0.3) is 0 Å². The molecule has 4 heteroatoms. The Kier molecular flexibility index (Phi) is 5.38. The summed E-state index contributed by atoms with van der Waals surface area (Å²) >= 11 is 0. The van der Waals surface area contributed by atoms with Crippen LogP contribution in [0.4, 0.5) is 5.82 Å². The van der Waals surface area contributed by atoms with Crippen LogP contribution in [0, 0.1) is 0 Å². The molecular weight excluding hydrogens is 248 g/mol. The lowest BCUT2D eigenvalue weighted by Gasteiger charge is -2.38. The van der Waals surface area contributed by atoms with Gasteiger partial charge in [0.1, 0.15) is 5.82 Å². The number of hydrogen-bond donors (Lipinski definition) is 1. The Labute approximate surface area is 123 Å².